The first-order chi connectivity index (χ1) is 13.7. The Morgan fingerprint density at radius 2 is 2.00 bits per heavy atom. The highest BCUT2D eigenvalue weighted by Gasteiger charge is 2.18. The molecule has 0 fully saturated rings. The number of rotatable bonds is 4. The number of hydrogen-bond acceptors (Lipinski definition) is 6. The monoisotopic (exact) mass is 393 g/mol. The van der Waals surface area contributed by atoms with E-state index in [0.29, 0.717) is 22.9 Å². The Kier molecular flexibility index (Phi) is 3.91. The molecule has 0 unspecified atom stereocenters. The Hall–Kier alpha value is -3.52. The van der Waals surface area contributed by atoms with Crippen molar-refractivity contribution in [1.82, 2.24) is 9.38 Å². The average molecular weight is 393 g/mol. The zero-order valence-electron chi connectivity index (χ0n) is 14.8. The van der Waals surface area contributed by atoms with Gasteiger partial charge in [-0.25, -0.2) is 4.98 Å². The average Bonchev–Trinajstić information content (AvgIpc) is 3.43. The summed E-state index contributed by atoms with van der Waals surface area (Å²) in [6, 6.07) is 13.0. The lowest BCUT2D eigenvalue weighted by Gasteiger charge is -2.05. The number of amides is 1. The molecule has 0 radical (unpaired) electrons. The van der Waals surface area contributed by atoms with Gasteiger partial charge in [0.1, 0.15) is 11.4 Å². The molecule has 2 aromatic heterocycles. The van der Waals surface area contributed by atoms with Crippen LogP contribution in [0.1, 0.15) is 10.5 Å². The second-order valence-electron chi connectivity index (χ2n) is 6.15. The summed E-state index contributed by atoms with van der Waals surface area (Å²) >= 11 is 1.42. The summed E-state index contributed by atoms with van der Waals surface area (Å²) in [6.07, 6.45) is 1.86. The van der Waals surface area contributed by atoms with Crippen molar-refractivity contribution in [2.75, 3.05) is 19.2 Å². The van der Waals surface area contributed by atoms with Gasteiger partial charge in [0.05, 0.1) is 12.8 Å². The molecule has 3 heterocycles. The smallest absolute Gasteiger partial charge is 0.273 e. The summed E-state index contributed by atoms with van der Waals surface area (Å²) in [6.45, 7) is 0.195. The highest BCUT2D eigenvalue weighted by molar-refractivity contribution is 7.15. The zero-order valence-corrected chi connectivity index (χ0v) is 15.7. The molecule has 28 heavy (non-hydrogen) atoms. The van der Waals surface area contributed by atoms with Crippen LogP contribution >= 0.6 is 11.3 Å². The molecular formula is C20H15N3O4S. The molecule has 0 atom stereocenters. The summed E-state index contributed by atoms with van der Waals surface area (Å²) in [5.41, 5.74) is 2.92. The van der Waals surface area contributed by atoms with Gasteiger partial charge in [0.2, 0.25) is 6.79 Å². The van der Waals surface area contributed by atoms with Crippen LogP contribution < -0.4 is 19.5 Å². The summed E-state index contributed by atoms with van der Waals surface area (Å²) in [5, 5.41) is 4.69. The number of ether oxygens (including phenoxy) is 3. The number of nitrogens with one attached hydrogen (secondary N) is 1. The molecule has 0 saturated heterocycles. The van der Waals surface area contributed by atoms with Crippen LogP contribution in [0, 0.1) is 0 Å². The highest BCUT2D eigenvalue weighted by atomic mass is 32.1. The van der Waals surface area contributed by atoms with Crippen molar-refractivity contribution in [2.45, 2.75) is 0 Å². The maximum absolute atomic E-state index is 12.8. The van der Waals surface area contributed by atoms with Gasteiger partial charge in [0, 0.05) is 28.9 Å². The Labute approximate surface area is 164 Å². The van der Waals surface area contributed by atoms with Gasteiger partial charge in [-0.3, -0.25) is 9.20 Å². The first-order valence-corrected chi connectivity index (χ1v) is 9.41. The lowest BCUT2D eigenvalue weighted by atomic mass is 10.2. The number of aromatic nitrogens is 2. The minimum atomic E-state index is -0.219. The van der Waals surface area contributed by atoms with Gasteiger partial charge in [-0.15, -0.1) is 11.3 Å². The molecule has 0 aliphatic carbocycles. The molecule has 1 aliphatic heterocycles. The first kappa shape index (κ1) is 16.6. The van der Waals surface area contributed by atoms with Crippen molar-refractivity contribution in [3.05, 3.63) is 59.7 Å². The SMILES string of the molecule is COc1ccc(-c2cn3c(C(=O)Nc4ccc5c(c4)OCO5)csc3n2)cc1. The van der Waals surface area contributed by atoms with Gasteiger partial charge >= 0.3 is 0 Å². The molecule has 1 amide bonds. The van der Waals surface area contributed by atoms with Crippen molar-refractivity contribution in [1.29, 1.82) is 0 Å². The lowest BCUT2D eigenvalue weighted by Crippen LogP contribution is -2.13. The van der Waals surface area contributed by atoms with E-state index in [2.05, 4.69) is 10.3 Å². The molecule has 4 aromatic rings. The molecule has 140 valence electrons. The predicted octanol–water partition coefficient (Wildman–Crippen LogP) is 4.05. The minimum absolute atomic E-state index is 0.195. The van der Waals surface area contributed by atoms with E-state index in [0.717, 1.165) is 22.0 Å². The fourth-order valence-corrected chi connectivity index (χ4v) is 3.87. The van der Waals surface area contributed by atoms with Crippen molar-refractivity contribution >= 4 is 27.9 Å². The van der Waals surface area contributed by atoms with Gasteiger partial charge in [-0.2, -0.15) is 0 Å². The molecule has 5 rings (SSSR count). The Balaban J connectivity index is 1.42. The third-order valence-electron chi connectivity index (χ3n) is 4.46. The summed E-state index contributed by atoms with van der Waals surface area (Å²) in [4.78, 5) is 18.1. The van der Waals surface area contributed by atoms with Crippen LogP contribution in [-0.4, -0.2) is 29.2 Å². The normalized spacial score (nSPS) is 12.3. The maximum Gasteiger partial charge on any atom is 0.273 e. The molecule has 2 aromatic carbocycles. The van der Waals surface area contributed by atoms with Crippen LogP contribution in [0.3, 0.4) is 0 Å². The largest absolute Gasteiger partial charge is 0.497 e. The van der Waals surface area contributed by atoms with Gasteiger partial charge in [0.15, 0.2) is 16.5 Å². The molecule has 8 heteroatoms. The van der Waals surface area contributed by atoms with Gasteiger partial charge in [-0.1, -0.05) is 0 Å². The van der Waals surface area contributed by atoms with E-state index in [1.54, 1.807) is 35.1 Å². The topological polar surface area (TPSA) is 74.1 Å². The minimum Gasteiger partial charge on any atom is -0.497 e. The number of benzene rings is 2. The quantitative estimate of drug-likeness (QED) is 0.566. The van der Waals surface area contributed by atoms with E-state index in [1.807, 2.05) is 30.5 Å². The summed E-state index contributed by atoms with van der Waals surface area (Å²) in [7, 11) is 1.63. The fourth-order valence-electron chi connectivity index (χ4n) is 3.02. The molecule has 0 bridgehead atoms. The first-order valence-electron chi connectivity index (χ1n) is 8.53. The van der Waals surface area contributed by atoms with Crippen LogP contribution in [0.5, 0.6) is 17.2 Å². The van der Waals surface area contributed by atoms with Gasteiger partial charge in [-0.05, 0) is 36.4 Å². The number of carbonyl (C=O) groups is 1. The van der Waals surface area contributed by atoms with Gasteiger partial charge in [0.25, 0.3) is 5.91 Å². The van der Waals surface area contributed by atoms with Crippen molar-refractivity contribution in [3.63, 3.8) is 0 Å². The lowest BCUT2D eigenvalue weighted by molar-refractivity contribution is 0.102. The Morgan fingerprint density at radius 1 is 1.18 bits per heavy atom. The molecule has 1 N–H and O–H groups in total. The number of fused-ring (bicyclic) bond motifs is 2. The summed E-state index contributed by atoms with van der Waals surface area (Å²) in [5.74, 6) is 1.87. The van der Waals surface area contributed by atoms with Crippen LogP contribution in [0.2, 0.25) is 0 Å². The van der Waals surface area contributed by atoms with Crippen molar-refractivity contribution in [2.24, 2.45) is 0 Å². The number of methoxy groups -OCH3 is 1. The Morgan fingerprint density at radius 3 is 2.82 bits per heavy atom. The molecule has 7 nitrogen and oxygen atoms in total. The Bertz CT molecular complexity index is 1180. The number of hydrogen-bond donors (Lipinski definition) is 1. The number of thiazole rings is 1. The number of anilines is 1. The highest BCUT2D eigenvalue weighted by Crippen LogP contribution is 2.34. The standard InChI is InChI=1S/C20H15N3O4S/c1-25-14-5-2-12(3-6-14)15-9-23-16(10-28-20(23)22-15)19(24)21-13-4-7-17-18(8-13)27-11-26-17/h2-10H,11H2,1H3,(H,21,24). The van der Waals surface area contributed by atoms with Gasteiger partial charge < -0.3 is 19.5 Å². The van der Waals surface area contributed by atoms with Crippen molar-refractivity contribution in [3.8, 4) is 28.5 Å². The molecule has 0 saturated carbocycles. The van der Waals surface area contributed by atoms with E-state index >= 15 is 0 Å². The zero-order chi connectivity index (χ0) is 19.1. The molecule has 0 spiro atoms. The predicted molar refractivity (Wildman–Crippen MR) is 106 cm³/mol. The van der Waals surface area contributed by atoms with Crippen LogP contribution in [-0.2, 0) is 0 Å². The third kappa shape index (κ3) is 2.84. The number of imidazole rings is 1. The summed E-state index contributed by atoms with van der Waals surface area (Å²) < 4.78 is 17.6. The van der Waals surface area contributed by atoms with E-state index in [4.69, 9.17) is 14.2 Å². The van der Waals surface area contributed by atoms with Crippen LogP contribution in [0.4, 0.5) is 5.69 Å². The fraction of sp³-hybridized carbons (Fsp3) is 0.100. The second-order valence-corrected chi connectivity index (χ2v) is 6.99. The number of nitrogens with zero attached hydrogens (tertiary/aromatic N) is 2. The van der Waals surface area contributed by atoms with E-state index in [-0.39, 0.29) is 12.7 Å². The second kappa shape index (κ2) is 6.58. The van der Waals surface area contributed by atoms with E-state index in [1.165, 1.54) is 11.3 Å². The third-order valence-corrected chi connectivity index (χ3v) is 5.30. The van der Waals surface area contributed by atoms with Crippen molar-refractivity contribution < 1.29 is 19.0 Å². The number of carbonyl (C=O) groups excluding carboxylic acids is 1. The van der Waals surface area contributed by atoms with E-state index < -0.39 is 0 Å². The maximum atomic E-state index is 12.8. The molecular weight excluding hydrogens is 378 g/mol. The molecule has 1 aliphatic rings. The van der Waals surface area contributed by atoms with E-state index in [9.17, 15) is 4.79 Å². The van der Waals surface area contributed by atoms with Crippen LogP contribution in [0.15, 0.2) is 54.0 Å². The van der Waals surface area contributed by atoms with Crippen LogP contribution in [0.25, 0.3) is 16.2 Å².